The van der Waals surface area contributed by atoms with E-state index < -0.39 is 11.8 Å². The van der Waals surface area contributed by atoms with Crippen molar-refractivity contribution in [2.45, 2.75) is 33.1 Å². The van der Waals surface area contributed by atoms with Crippen LogP contribution in [0.2, 0.25) is 0 Å². The number of halogens is 1. The first kappa shape index (κ1) is 20.4. The molecule has 0 saturated heterocycles. The number of nitrogens with zero attached hydrogens (tertiary/aromatic N) is 3. The van der Waals surface area contributed by atoms with Gasteiger partial charge in [0, 0.05) is 5.56 Å². The minimum absolute atomic E-state index is 0.00432. The fourth-order valence-electron chi connectivity index (χ4n) is 2.59. The average molecular weight is 395 g/mol. The first-order valence-corrected chi connectivity index (χ1v) is 9.24. The van der Waals surface area contributed by atoms with E-state index in [9.17, 15) is 9.18 Å². The molecule has 29 heavy (non-hydrogen) atoms. The highest BCUT2D eigenvalue weighted by Gasteiger charge is 2.21. The molecule has 0 aliphatic heterocycles. The van der Waals surface area contributed by atoms with Crippen LogP contribution in [0.3, 0.4) is 0 Å². The summed E-state index contributed by atoms with van der Waals surface area (Å²) in [7, 11) is 0. The summed E-state index contributed by atoms with van der Waals surface area (Å²) >= 11 is 0. The van der Waals surface area contributed by atoms with E-state index in [4.69, 9.17) is 9.47 Å². The highest BCUT2D eigenvalue weighted by atomic mass is 19.1. The van der Waals surface area contributed by atoms with E-state index in [0.717, 1.165) is 5.56 Å². The average Bonchev–Trinajstić information content (AvgIpc) is 2.68. The Morgan fingerprint density at radius 2 is 1.79 bits per heavy atom. The van der Waals surface area contributed by atoms with Crippen LogP contribution in [0, 0.1) is 5.82 Å². The van der Waals surface area contributed by atoms with Crippen molar-refractivity contribution in [1.29, 1.82) is 0 Å². The molecule has 0 aliphatic carbocycles. The van der Waals surface area contributed by atoms with Crippen molar-refractivity contribution >= 4 is 5.97 Å². The summed E-state index contributed by atoms with van der Waals surface area (Å²) in [4.78, 5) is 16.5. The molecule has 6 nitrogen and oxygen atoms in total. The van der Waals surface area contributed by atoms with E-state index in [1.54, 1.807) is 31.2 Å². The SMILES string of the molecule is CCOC(=O)c1nnc(-c2cccc(F)c2)nc1Oc1ccc(C(C)(C)C)cc1. The Labute approximate surface area is 168 Å². The Morgan fingerprint density at radius 3 is 2.41 bits per heavy atom. The molecule has 150 valence electrons. The zero-order valence-corrected chi connectivity index (χ0v) is 16.8. The molecule has 0 atom stereocenters. The largest absolute Gasteiger partial charge is 0.461 e. The van der Waals surface area contributed by atoms with Gasteiger partial charge in [0.2, 0.25) is 5.69 Å². The van der Waals surface area contributed by atoms with Crippen LogP contribution in [-0.2, 0) is 10.2 Å². The van der Waals surface area contributed by atoms with Gasteiger partial charge in [-0.05, 0) is 42.2 Å². The molecule has 2 aromatic carbocycles. The second-order valence-electron chi connectivity index (χ2n) is 7.40. The minimum Gasteiger partial charge on any atom is -0.461 e. The van der Waals surface area contributed by atoms with Crippen LogP contribution >= 0.6 is 0 Å². The van der Waals surface area contributed by atoms with Crippen LogP contribution < -0.4 is 4.74 Å². The van der Waals surface area contributed by atoms with Gasteiger partial charge < -0.3 is 9.47 Å². The fourth-order valence-corrected chi connectivity index (χ4v) is 2.59. The normalized spacial score (nSPS) is 11.2. The summed E-state index contributed by atoms with van der Waals surface area (Å²) in [5, 5.41) is 7.86. The summed E-state index contributed by atoms with van der Waals surface area (Å²) in [6, 6.07) is 13.3. The van der Waals surface area contributed by atoms with Crippen LogP contribution in [0.5, 0.6) is 11.6 Å². The van der Waals surface area contributed by atoms with Gasteiger partial charge in [-0.25, -0.2) is 9.18 Å². The van der Waals surface area contributed by atoms with Gasteiger partial charge in [0.15, 0.2) is 5.82 Å². The Balaban J connectivity index is 1.99. The number of rotatable bonds is 5. The van der Waals surface area contributed by atoms with E-state index in [0.29, 0.717) is 11.3 Å². The molecule has 0 fully saturated rings. The molecule has 7 heteroatoms. The number of carbonyl (C=O) groups excluding carboxylic acids is 1. The number of ether oxygens (including phenoxy) is 2. The molecule has 0 spiro atoms. The second-order valence-corrected chi connectivity index (χ2v) is 7.40. The molecule has 1 heterocycles. The molecular weight excluding hydrogens is 373 g/mol. The summed E-state index contributed by atoms with van der Waals surface area (Å²) < 4.78 is 24.4. The number of esters is 1. The molecule has 0 saturated carbocycles. The van der Waals surface area contributed by atoms with Crippen molar-refractivity contribution in [3.05, 3.63) is 65.6 Å². The zero-order valence-electron chi connectivity index (χ0n) is 16.8. The maximum absolute atomic E-state index is 13.6. The molecule has 1 aromatic heterocycles. The predicted octanol–water partition coefficient (Wildman–Crippen LogP) is 4.94. The van der Waals surface area contributed by atoms with Crippen molar-refractivity contribution in [3.63, 3.8) is 0 Å². The molecule has 0 N–H and O–H groups in total. The second kappa shape index (κ2) is 8.34. The third kappa shape index (κ3) is 4.93. The Kier molecular flexibility index (Phi) is 5.87. The molecule has 0 bridgehead atoms. The van der Waals surface area contributed by atoms with Gasteiger partial charge in [-0.15, -0.1) is 10.2 Å². The fraction of sp³-hybridized carbons (Fsp3) is 0.273. The number of hydrogen-bond acceptors (Lipinski definition) is 6. The molecule has 0 amide bonds. The molecule has 3 rings (SSSR count). The van der Waals surface area contributed by atoms with Gasteiger partial charge in [-0.3, -0.25) is 0 Å². The predicted molar refractivity (Wildman–Crippen MR) is 106 cm³/mol. The lowest BCUT2D eigenvalue weighted by atomic mass is 9.87. The quantitative estimate of drug-likeness (QED) is 0.570. The van der Waals surface area contributed by atoms with E-state index >= 15 is 0 Å². The Hall–Kier alpha value is -3.35. The number of benzene rings is 2. The van der Waals surface area contributed by atoms with Crippen LogP contribution in [-0.4, -0.2) is 27.8 Å². The maximum atomic E-state index is 13.6. The standard InChI is InChI=1S/C22H22FN3O3/c1-5-28-21(27)18-20(29-17-11-9-15(10-12-17)22(2,3)4)24-19(26-25-18)14-7-6-8-16(23)13-14/h6-13H,5H2,1-4H3. The van der Waals surface area contributed by atoms with E-state index in [1.165, 1.54) is 12.1 Å². The highest BCUT2D eigenvalue weighted by molar-refractivity contribution is 5.89. The van der Waals surface area contributed by atoms with Crippen LogP contribution in [0.4, 0.5) is 4.39 Å². The van der Waals surface area contributed by atoms with Crippen LogP contribution in [0.15, 0.2) is 48.5 Å². The van der Waals surface area contributed by atoms with E-state index in [2.05, 4.69) is 36.0 Å². The van der Waals surface area contributed by atoms with E-state index in [1.807, 2.05) is 12.1 Å². The zero-order chi connectivity index (χ0) is 21.0. The first-order chi connectivity index (χ1) is 13.8. The first-order valence-electron chi connectivity index (χ1n) is 9.24. The molecule has 0 unspecified atom stereocenters. The third-order valence-electron chi connectivity index (χ3n) is 4.14. The van der Waals surface area contributed by atoms with Gasteiger partial charge in [0.25, 0.3) is 5.88 Å². The lowest BCUT2D eigenvalue weighted by Gasteiger charge is -2.19. The van der Waals surface area contributed by atoms with Gasteiger partial charge in [0.05, 0.1) is 6.61 Å². The topological polar surface area (TPSA) is 74.2 Å². The summed E-state index contributed by atoms with van der Waals surface area (Å²) in [5.74, 6) is -0.560. The summed E-state index contributed by atoms with van der Waals surface area (Å²) in [6.45, 7) is 8.20. The Morgan fingerprint density at radius 1 is 1.07 bits per heavy atom. The van der Waals surface area contributed by atoms with Crippen LogP contribution in [0.1, 0.15) is 43.7 Å². The van der Waals surface area contributed by atoms with Crippen molar-refractivity contribution in [2.24, 2.45) is 0 Å². The smallest absolute Gasteiger partial charge is 0.364 e. The molecule has 3 aromatic rings. The molecular formula is C22H22FN3O3. The van der Waals surface area contributed by atoms with Crippen molar-refractivity contribution in [2.75, 3.05) is 6.61 Å². The maximum Gasteiger partial charge on any atom is 0.364 e. The number of aromatic nitrogens is 3. The Bertz CT molecular complexity index is 1010. The van der Waals surface area contributed by atoms with Gasteiger partial charge in [0.1, 0.15) is 11.6 Å². The van der Waals surface area contributed by atoms with Crippen molar-refractivity contribution in [1.82, 2.24) is 15.2 Å². The van der Waals surface area contributed by atoms with Crippen molar-refractivity contribution < 1.29 is 18.7 Å². The molecule has 0 aliphatic rings. The van der Waals surface area contributed by atoms with Gasteiger partial charge in [-0.1, -0.05) is 45.0 Å². The van der Waals surface area contributed by atoms with Crippen molar-refractivity contribution in [3.8, 4) is 23.0 Å². The monoisotopic (exact) mass is 395 g/mol. The number of hydrogen-bond donors (Lipinski definition) is 0. The summed E-state index contributed by atoms with van der Waals surface area (Å²) in [6.07, 6.45) is 0. The molecule has 0 radical (unpaired) electrons. The summed E-state index contributed by atoms with van der Waals surface area (Å²) in [5.41, 5.74) is 1.40. The highest BCUT2D eigenvalue weighted by Crippen LogP contribution is 2.28. The lowest BCUT2D eigenvalue weighted by molar-refractivity contribution is 0.0514. The lowest BCUT2D eigenvalue weighted by Crippen LogP contribution is -2.12. The third-order valence-corrected chi connectivity index (χ3v) is 4.14. The van der Waals surface area contributed by atoms with Crippen LogP contribution in [0.25, 0.3) is 11.4 Å². The minimum atomic E-state index is -0.695. The number of carbonyl (C=O) groups is 1. The van der Waals surface area contributed by atoms with E-state index in [-0.39, 0.29) is 29.4 Å². The van der Waals surface area contributed by atoms with Gasteiger partial charge >= 0.3 is 5.97 Å². The van der Waals surface area contributed by atoms with Gasteiger partial charge in [-0.2, -0.15) is 4.98 Å².